The smallest absolute Gasteiger partial charge is 0.254 e. The first-order chi connectivity index (χ1) is 14.0. The van der Waals surface area contributed by atoms with Crippen LogP contribution in [-0.2, 0) is 17.8 Å². The Labute approximate surface area is 169 Å². The molecule has 0 radical (unpaired) electrons. The largest absolute Gasteiger partial charge is 0.497 e. The summed E-state index contributed by atoms with van der Waals surface area (Å²) in [6.07, 6.45) is 0.682. The molecule has 0 spiro atoms. The number of methoxy groups -OCH3 is 1. The van der Waals surface area contributed by atoms with Gasteiger partial charge in [0.05, 0.1) is 7.11 Å². The van der Waals surface area contributed by atoms with E-state index in [9.17, 15) is 9.59 Å². The number of anilines is 1. The Kier molecular flexibility index (Phi) is 5.08. The van der Waals surface area contributed by atoms with E-state index < -0.39 is 0 Å². The van der Waals surface area contributed by atoms with Crippen molar-refractivity contribution in [3.8, 4) is 17.1 Å². The zero-order valence-electron chi connectivity index (χ0n) is 16.4. The van der Waals surface area contributed by atoms with Crippen LogP contribution in [0.15, 0.2) is 59.0 Å². The maximum Gasteiger partial charge on any atom is 0.254 e. The molecule has 0 saturated carbocycles. The van der Waals surface area contributed by atoms with Gasteiger partial charge in [-0.05, 0) is 54.6 Å². The number of carbonyl (C=O) groups excluding carboxylic acids is 2. The number of benzene rings is 2. The van der Waals surface area contributed by atoms with Crippen molar-refractivity contribution in [1.29, 1.82) is 0 Å². The summed E-state index contributed by atoms with van der Waals surface area (Å²) in [6, 6.07) is 16.7. The molecule has 2 heterocycles. The summed E-state index contributed by atoms with van der Waals surface area (Å²) in [4.78, 5) is 25.8. The number of carbonyl (C=O) groups is 2. The molecule has 1 aromatic heterocycles. The molecule has 4 rings (SSSR count). The van der Waals surface area contributed by atoms with Gasteiger partial charge in [0.2, 0.25) is 5.91 Å². The van der Waals surface area contributed by atoms with Gasteiger partial charge < -0.3 is 19.4 Å². The van der Waals surface area contributed by atoms with Crippen molar-refractivity contribution < 1.29 is 18.7 Å². The summed E-state index contributed by atoms with van der Waals surface area (Å²) in [5.74, 6) is 2.31. The second-order valence-electron chi connectivity index (χ2n) is 7.02. The van der Waals surface area contributed by atoms with Crippen LogP contribution in [0.2, 0.25) is 0 Å². The van der Waals surface area contributed by atoms with Gasteiger partial charge in [-0.1, -0.05) is 0 Å². The zero-order chi connectivity index (χ0) is 20.4. The number of nitrogens with zero attached hydrogens (tertiary/aromatic N) is 1. The summed E-state index contributed by atoms with van der Waals surface area (Å²) in [5.41, 5.74) is 3.35. The van der Waals surface area contributed by atoms with Crippen molar-refractivity contribution in [2.75, 3.05) is 19.0 Å². The third-order valence-corrected chi connectivity index (χ3v) is 4.98. The van der Waals surface area contributed by atoms with Crippen molar-refractivity contribution in [3.05, 3.63) is 71.5 Å². The molecule has 29 heavy (non-hydrogen) atoms. The van der Waals surface area contributed by atoms with E-state index in [1.165, 1.54) is 6.92 Å². The number of fused-ring (bicyclic) bond motifs is 1. The molecule has 6 heteroatoms. The van der Waals surface area contributed by atoms with Crippen molar-refractivity contribution in [2.24, 2.45) is 0 Å². The normalized spacial score (nSPS) is 13.0. The predicted molar refractivity (Wildman–Crippen MR) is 110 cm³/mol. The third kappa shape index (κ3) is 4.01. The van der Waals surface area contributed by atoms with Crippen LogP contribution in [0.3, 0.4) is 0 Å². The van der Waals surface area contributed by atoms with Crippen LogP contribution in [0, 0.1) is 0 Å². The van der Waals surface area contributed by atoms with Gasteiger partial charge in [-0.15, -0.1) is 0 Å². The molecule has 0 bridgehead atoms. The molecular weight excluding hydrogens is 368 g/mol. The molecule has 0 fully saturated rings. The molecule has 0 aliphatic carbocycles. The number of furan rings is 1. The quantitative estimate of drug-likeness (QED) is 0.728. The van der Waals surface area contributed by atoms with Gasteiger partial charge in [0.15, 0.2) is 0 Å². The highest BCUT2D eigenvalue weighted by Crippen LogP contribution is 2.31. The van der Waals surface area contributed by atoms with E-state index in [0.29, 0.717) is 25.1 Å². The maximum atomic E-state index is 12.8. The lowest BCUT2D eigenvalue weighted by molar-refractivity contribution is -0.114. The minimum Gasteiger partial charge on any atom is -0.497 e. The topological polar surface area (TPSA) is 71.8 Å². The SMILES string of the molecule is COc1ccc(C(=O)N2CCc3oc(-c4ccc(NC(C)=O)cc4)cc3C2)cc1. The molecule has 6 nitrogen and oxygen atoms in total. The Bertz CT molecular complexity index is 1040. The fourth-order valence-electron chi connectivity index (χ4n) is 3.49. The van der Waals surface area contributed by atoms with Crippen LogP contribution in [0.1, 0.15) is 28.6 Å². The molecular formula is C23H22N2O4. The number of rotatable bonds is 4. The van der Waals surface area contributed by atoms with Crippen molar-refractivity contribution >= 4 is 17.5 Å². The number of amides is 2. The van der Waals surface area contributed by atoms with E-state index >= 15 is 0 Å². The van der Waals surface area contributed by atoms with Gasteiger partial charge in [-0.3, -0.25) is 9.59 Å². The van der Waals surface area contributed by atoms with E-state index in [2.05, 4.69) is 5.32 Å². The number of hydrogen-bond donors (Lipinski definition) is 1. The molecule has 2 amide bonds. The summed E-state index contributed by atoms with van der Waals surface area (Å²) in [6.45, 7) is 2.62. The van der Waals surface area contributed by atoms with E-state index in [4.69, 9.17) is 9.15 Å². The highest BCUT2D eigenvalue weighted by atomic mass is 16.5. The average Bonchev–Trinajstić information content (AvgIpc) is 3.16. The van der Waals surface area contributed by atoms with Gasteiger partial charge in [-0.2, -0.15) is 0 Å². The zero-order valence-corrected chi connectivity index (χ0v) is 16.4. The molecule has 0 unspecified atom stereocenters. The molecule has 2 aromatic carbocycles. The lowest BCUT2D eigenvalue weighted by Crippen LogP contribution is -2.35. The van der Waals surface area contributed by atoms with Gasteiger partial charge >= 0.3 is 0 Å². The Morgan fingerprint density at radius 2 is 1.79 bits per heavy atom. The Balaban J connectivity index is 1.49. The monoisotopic (exact) mass is 390 g/mol. The molecule has 0 saturated heterocycles. The molecule has 1 aliphatic rings. The van der Waals surface area contributed by atoms with Crippen LogP contribution in [0.5, 0.6) is 5.75 Å². The second-order valence-corrected chi connectivity index (χ2v) is 7.02. The number of ether oxygens (including phenoxy) is 1. The highest BCUT2D eigenvalue weighted by Gasteiger charge is 2.25. The molecule has 148 valence electrons. The van der Waals surface area contributed by atoms with Gasteiger partial charge in [0.25, 0.3) is 5.91 Å². The standard InChI is InChI=1S/C23H22N2O4/c1-15(26)24-19-7-3-16(4-8-19)22-13-18-14-25(12-11-21(18)29-22)23(27)17-5-9-20(28-2)10-6-17/h3-10,13H,11-12,14H2,1-2H3,(H,24,26). The van der Waals surface area contributed by atoms with Crippen LogP contribution in [0.4, 0.5) is 5.69 Å². The van der Waals surface area contributed by atoms with Crippen molar-refractivity contribution in [3.63, 3.8) is 0 Å². The summed E-state index contributed by atoms with van der Waals surface area (Å²) >= 11 is 0. The first-order valence-corrected chi connectivity index (χ1v) is 9.46. The average molecular weight is 390 g/mol. The van der Waals surface area contributed by atoms with Crippen LogP contribution < -0.4 is 10.1 Å². The summed E-state index contributed by atoms with van der Waals surface area (Å²) < 4.78 is 11.2. The summed E-state index contributed by atoms with van der Waals surface area (Å²) in [7, 11) is 1.60. The number of nitrogens with one attached hydrogen (secondary N) is 1. The molecule has 3 aromatic rings. The summed E-state index contributed by atoms with van der Waals surface area (Å²) in [5, 5.41) is 2.75. The maximum absolute atomic E-state index is 12.8. The van der Waals surface area contributed by atoms with Gasteiger partial charge in [0.1, 0.15) is 17.3 Å². The molecule has 0 atom stereocenters. The van der Waals surface area contributed by atoms with Crippen molar-refractivity contribution in [2.45, 2.75) is 19.9 Å². The predicted octanol–water partition coefficient (Wildman–Crippen LogP) is 4.11. The minimum absolute atomic E-state index is 0.000660. The second kappa shape index (κ2) is 7.83. The number of hydrogen-bond acceptors (Lipinski definition) is 4. The lowest BCUT2D eigenvalue weighted by Gasteiger charge is -2.26. The fourth-order valence-corrected chi connectivity index (χ4v) is 3.49. The third-order valence-electron chi connectivity index (χ3n) is 4.98. The van der Waals surface area contributed by atoms with Gasteiger partial charge in [-0.25, -0.2) is 0 Å². The van der Waals surface area contributed by atoms with Crippen LogP contribution >= 0.6 is 0 Å². The molecule has 1 aliphatic heterocycles. The van der Waals surface area contributed by atoms with E-state index in [0.717, 1.165) is 34.1 Å². The van der Waals surface area contributed by atoms with E-state index in [1.54, 1.807) is 31.4 Å². The fraction of sp³-hybridized carbons (Fsp3) is 0.217. The Morgan fingerprint density at radius 3 is 2.45 bits per heavy atom. The molecule has 1 N–H and O–H groups in total. The first-order valence-electron chi connectivity index (χ1n) is 9.46. The Hall–Kier alpha value is -3.54. The van der Waals surface area contributed by atoms with Crippen LogP contribution in [-0.4, -0.2) is 30.4 Å². The van der Waals surface area contributed by atoms with Gasteiger partial charge in [0, 0.05) is 48.8 Å². The lowest BCUT2D eigenvalue weighted by atomic mass is 10.1. The highest BCUT2D eigenvalue weighted by molar-refractivity contribution is 5.94. The van der Waals surface area contributed by atoms with Crippen molar-refractivity contribution in [1.82, 2.24) is 4.90 Å². The first kappa shape index (κ1) is 18.8. The van der Waals surface area contributed by atoms with E-state index in [1.807, 2.05) is 35.2 Å². The van der Waals surface area contributed by atoms with E-state index in [-0.39, 0.29) is 11.8 Å². The van der Waals surface area contributed by atoms with Crippen LogP contribution in [0.25, 0.3) is 11.3 Å². The Morgan fingerprint density at radius 1 is 1.07 bits per heavy atom. The minimum atomic E-state index is -0.104.